The van der Waals surface area contributed by atoms with E-state index in [1.54, 1.807) is 14.0 Å². The van der Waals surface area contributed by atoms with Crippen molar-refractivity contribution >= 4 is 5.91 Å². The maximum atomic E-state index is 11.5. The van der Waals surface area contributed by atoms with E-state index in [1.807, 2.05) is 0 Å². The first-order chi connectivity index (χ1) is 12.0. The van der Waals surface area contributed by atoms with Gasteiger partial charge in [-0.15, -0.1) is 0 Å². The predicted molar refractivity (Wildman–Crippen MR) is 100 cm³/mol. The number of hydrogen-bond acceptors (Lipinski definition) is 3. The molecule has 0 spiro atoms. The van der Waals surface area contributed by atoms with Crippen molar-refractivity contribution in [2.45, 2.75) is 58.2 Å². The molecule has 4 nitrogen and oxygen atoms in total. The highest BCUT2D eigenvalue weighted by Crippen LogP contribution is 2.38. The number of rotatable bonds is 5. The summed E-state index contributed by atoms with van der Waals surface area (Å²) in [4.78, 5) is 14.0. The van der Waals surface area contributed by atoms with Gasteiger partial charge in [-0.1, -0.05) is 38.1 Å². The number of methoxy groups -OCH3 is 1. The highest BCUT2D eigenvalue weighted by Gasteiger charge is 2.42. The van der Waals surface area contributed by atoms with Crippen molar-refractivity contribution < 1.29 is 9.53 Å². The average Bonchev–Trinajstić information content (AvgIpc) is 2.95. The van der Waals surface area contributed by atoms with Crippen LogP contribution < -0.4 is 5.32 Å². The molecule has 0 unspecified atom stereocenters. The second-order valence-corrected chi connectivity index (χ2v) is 8.16. The van der Waals surface area contributed by atoms with Crippen LogP contribution in [-0.2, 0) is 16.1 Å². The number of likely N-dealkylation sites (tertiary alicyclic amines) is 1. The molecule has 2 fully saturated rings. The number of benzene rings is 1. The molecule has 0 bridgehead atoms. The smallest absolute Gasteiger partial charge is 0.217 e. The van der Waals surface area contributed by atoms with E-state index in [0.717, 1.165) is 32.5 Å². The number of amides is 1. The van der Waals surface area contributed by atoms with Crippen LogP contribution >= 0.6 is 0 Å². The van der Waals surface area contributed by atoms with Crippen LogP contribution in [0.5, 0.6) is 0 Å². The summed E-state index contributed by atoms with van der Waals surface area (Å²) in [6.07, 6.45) is 2.23. The largest absolute Gasteiger partial charge is 0.379 e. The molecule has 1 aliphatic carbocycles. The van der Waals surface area contributed by atoms with Crippen molar-refractivity contribution in [3.05, 3.63) is 35.4 Å². The number of nitrogens with zero attached hydrogens (tertiary/aromatic N) is 1. The van der Waals surface area contributed by atoms with Gasteiger partial charge in [0.25, 0.3) is 0 Å². The summed E-state index contributed by atoms with van der Waals surface area (Å²) in [6, 6.07) is 9.23. The standard InChI is InChI=1S/C21H32N2O2/c1-14(2)17-7-5-16(6-8-17)11-23-12-18-9-20(22-15(3)24)21(25-4)10-19(18)13-23/h5-8,14,18-21H,9-13H2,1-4H3,(H,22,24)/t18-,19+,20-,21-/m1/s1. The fourth-order valence-electron chi connectivity index (χ4n) is 4.58. The van der Waals surface area contributed by atoms with Crippen LogP contribution in [0.4, 0.5) is 0 Å². The van der Waals surface area contributed by atoms with Crippen molar-refractivity contribution in [3.8, 4) is 0 Å². The van der Waals surface area contributed by atoms with Crippen LogP contribution in [-0.4, -0.2) is 43.2 Å². The zero-order chi connectivity index (χ0) is 18.0. The van der Waals surface area contributed by atoms with Gasteiger partial charge >= 0.3 is 0 Å². The molecule has 1 aromatic rings. The molecule has 3 rings (SSSR count). The molecule has 1 amide bonds. The summed E-state index contributed by atoms with van der Waals surface area (Å²) in [6.45, 7) is 9.36. The van der Waals surface area contributed by atoms with Crippen LogP contribution in [0.3, 0.4) is 0 Å². The molecule has 1 heterocycles. The van der Waals surface area contributed by atoms with E-state index in [1.165, 1.54) is 11.1 Å². The van der Waals surface area contributed by atoms with E-state index in [0.29, 0.717) is 17.8 Å². The van der Waals surface area contributed by atoms with Gasteiger partial charge < -0.3 is 10.1 Å². The number of hydrogen-bond donors (Lipinski definition) is 1. The van der Waals surface area contributed by atoms with Crippen molar-refractivity contribution in [2.24, 2.45) is 11.8 Å². The van der Waals surface area contributed by atoms with E-state index < -0.39 is 0 Å². The summed E-state index contributed by atoms with van der Waals surface area (Å²) in [5.41, 5.74) is 2.80. The number of fused-ring (bicyclic) bond motifs is 1. The Hall–Kier alpha value is -1.39. The zero-order valence-corrected chi connectivity index (χ0v) is 16.0. The van der Waals surface area contributed by atoms with E-state index in [2.05, 4.69) is 48.3 Å². The topological polar surface area (TPSA) is 41.6 Å². The van der Waals surface area contributed by atoms with Crippen molar-refractivity contribution in [2.75, 3.05) is 20.2 Å². The molecule has 1 N–H and O–H groups in total. The van der Waals surface area contributed by atoms with Crippen LogP contribution in [0.15, 0.2) is 24.3 Å². The molecule has 4 heteroatoms. The molecule has 2 aliphatic rings. The van der Waals surface area contributed by atoms with Gasteiger partial charge in [-0.3, -0.25) is 9.69 Å². The molecule has 4 atom stereocenters. The summed E-state index contributed by atoms with van der Waals surface area (Å²) in [5.74, 6) is 1.98. The second kappa shape index (κ2) is 7.88. The summed E-state index contributed by atoms with van der Waals surface area (Å²) < 4.78 is 5.67. The van der Waals surface area contributed by atoms with Gasteiger partial charge in [0.2, 0.25) is 5.91 Å². The molecular weight excluding hydrogens is 312 g/mol. The molecule has 0 radical (unpaired) electrons. The van der Waals surface area contributed by atoms with Gasteiger partial charge in [0.05, 0.1) is 12.1 Å². The lowest BCUT2D eigenvalue weighted by Crippen LogP contribution is -2.49. The Morgan fingerprint density at radius 3 is 2.40 bits per heavy atom. The average molecular weight is 344 g/mol. The second-order valence-electron chi connectivity index (χ2n) is 8.16. The first-order valence-electron chi connectivity index (χ1n) is 9.57. The number of carbonyl (C=O) groups is 1. The van der Waals surface area contributed by atoms with Crippen LogP contribution in [0.1, 0.15) is 50.7 Å². The maximum Gasteiger partial charge on any atom is 0.217 e. The maximum absolute atomic E-state index is 11.5. The minimum Gasteiger partial charge on any atom is -0.379 e. The van der Waals surface area contributed by atoms with E-state index in [9.17, 15) is 4.79 Å². The third-order valence-corrected chi connectivity index (χ3v) is 5.94. The summed E-state index contributed by atoms with van der Waals surface area (Å²) in [7, 11) is 1.77. The van der Waals surface area contributed by atoms with Gasteiger partial charge in [-0.05, 0) is 41.7 Å². The molecule has 1 aliphatic heterocycles. The third-order valence-electron chi connectivity index (χ3n) is 5.94. The van der Waals surface area contributed by atoms with Gasteiger partial charge in [0.15, 0.2) is 0 Å². The minimum atomic E-state index is 0.0468. The Balaban J connectivity index is 1.60. The third kappa shape index (κ3) is 4.42. The highest BCUT2D eigenvalue weighted by atomic mass is 16.5. The molecule has 0 aromatic heterocycles. The molecule has 1 saturated heterocycles. The lowest BCUT2D eigenvalue weighted by Gasteiger charge is -2.37. The SMILES string of the molecule is CO[C@@H]1C[C@H]2CN(Cc3ccc(C(C)C)cc3)C[C@H]2C[C@H]1NC(C)=O. The Kier molecular flexibility index (Phi) is 5.80. The summed E-state index contributed by atoms with van der Waals surface area (Å²) in [5, 5.41) is 3.09. The quantitative estimate of drug-likeness (QED) is 0.892. The van der Waals surface area contributed by atoms with Crippen molar-refractivity contribution in [3.63, 3.8) is 0 Å². The Morgan fingerprint density at radius 1 is 1.20 bits per heavy atom. The summed E-state index contributed by atoms with van der Waals surface area (Å²) >= 11 is 0. The van der Waals surface area contributed by atoms with E-state index in [4.69, 9.17) is 4.74 Å². The van der Waals surface area contributed by atoms with Gasteiger partial charge in [0, 0.05) is 33.7 Å². The number of carbonyl (C=O) groups excluding carboxylic acids is 1. The van der Waals surface area contributed by atoms with Crippen LogP contribution in [0.2, 0.25) is 0 Å². The lowest BCUT2D eigenvalue weighted by molar-refractivity contribution is -0.121. The lowest BCUT2D eigenvalue weighted by atomic mass is 9.77. The van der Waals surface area contributed by atoms with Crippen molar-refractivity contribution in [1.29, 1.82) is 0 Å². The normalized spacial score (nSPS) is 29.6. The fraction of sp³-hybridized carbons (Fsp3) is 0.667. The first kappa shape index (κ1) is 18.4. The Morgan fingerprint density at radius 2 is 1.84 bits per heavy atom. The van der Waals surface area contributed by atoms with Crippen molar-refractivity contribution in [1.82, 2.24) is 10.2 Å². The molecular formula is C21H32N2O2. The molecule has 1 aromatic carbocycles. The Labute approximate surface area is 151 Å². The molecule has 25 heavy (non-hydrogen) atoms. The molecule has 138 valence electrons. The van der Waals surface area contributed by atoms with Crippen LogP contribution in [0, 0.1) is 11.8 Å². The van der Waals surface area contributed by atoms with Gasteiger partial charge in [-0.25, -0.2) is 0 Å². The van der Waals surface area contributed by atoms with Crippen LogP contribution in [0.25, 0.3) is 0 Å². The predicted octanol–water partition coefficient (Wildman–Crippen LogP) is 3.17. The Bertz CT molecular complexity index is 584. The van der Waals surface area contributed by atoms with Gasteiger partial charge in [-0.2, -0.15) is 0 Å². The van der Waals surface area contributed by atoms with E-state index in [-0.39, 0.29) is 18.1 Å². The number of ether oxygens (including phenoxy) is 1. The van der Waals surface area contributed by atoms with Gasteiger partial charge in [0.1, 0.15) is 0 Å². The highest BCUT2D eigenvalue weighted by molar-refractivity contribution is 5.73. The monoisotopic (exact) mass is 344 g/mol. The molecule has 1 saturated carbocycles. The fourth-order valence-corrected chi connectivity index (χ4v) is 4.58. The zero-order valence-electron chi connectivity index (χ0n) is 16.0. The first-order valence-corrected chi connectivity index (χ1v) is 9.57. The van der Waals surface area contributed by atoms with E-state index >= 15 is 0 Å². The minimum absolute atomic E-state index is 0.0468. The number of nitrogens with one attached hydrogen (secondary N) is 1.